The van der Waals surface area contributed by atoms with Crippen molar-refractivity contribution in [2.45, 2.75) is 38.3 Å². The van der Waals surface area contributed by atoms with Crippen molar-refractivity contribution in [3.05, 3.63) is 54.9 Å². The van der Waals surface area contributed by atoms with Crippen molar-refractivity contribution in [2.24, 2.45) is 0 Å². The van der Waals surface area contributed by atoms with Gasteiger partial charge in [0.25, 0.3) is 0 Å². The van der Waals surface area contributed by atoms with Crippen LogP contribution >= 0.6 is 0 Å². The molecule has 0 aliphatic carbocycles. The van der Waals surface area contributed by atoms with Crippen LogP contribution in [0.3, 0.4) is 0 Å². The van der Waals surface area contributed by atoms with E-state index in [0.29, 0.717) is 5.95 Å². The van der Waals surface area contributed by atoms with E-state index in [-0.39, 0.29) is 11.6 Å². The number of anilines is 1. The van der Waals surface area contributed by atoms with Gasteiger partial charge < -0.3 is 15.6 Å². The minimum Gasteiger partial charge on any atom is -0.384 e. The van der Waals surface area contributed by atoms with Gasteiger partial charge in [-0.25, -0.2) is 9.97 Å². The van der Waals surface area contributed by atoms with Gasteiger partial charge in [0, 0.05) is 40.8 Å². The summed E-state index contributed by atoms with van der Waals surface area (Å²) in [7, 11) is 0. The number of fused-ring (bicyclic) bond motifs is 1. The zero-order valence-corrected chi connectivity index (χ0v) is 14.6. The topological polar surface area (TPSA) is 65.6 Å². The normalized spacial score (nSPS) is 19.6. The van der Waals surface area contributed by atoms with Gasteiger partial charge in [-0.2, -0.15) is 0 Å². The predicted octanol–water partition coefficient (Wildman–Crippen LogP) is 4.08. The number of hydrogen-bond donors (Lipinski definition) is 3. The molecule has 3 heterocycles. The molecule has 128 valence electrons. The molecule has 0 amide bonds. The average Bonchev–Trinajstić information content (AvgIpc) is 2.97. The number of hydrogen-bond acceptors (Lipinski definition) is 4. The maximum Gasteiger partial charge on any atom is 0.223 e. The van der Waals surface area contributed by atoms with Gasteiger partial charge in [-0.15, -0.1) is 0 Å². The van der Waals surface area contributed by atoms with Crippen LogP contribution in [-0.4, -0.2) is 26.5 Å². The Balaban J connectivity index is 1.58. The van der Waals surface area contributed by atoms with E-state index in [1.54, 1.807) is 6.20 Å². The molecule has 0 saturated carbocycles. The van der Waals surface area contributed by atoms with Crippen LogP contribution in [0.15, 0.2) is 54.9 Å². The highest BCUT2D eigenvalue weighted by atomic mass is 15.1. The monoisotopic (exact) mass is 333 g/mol. The fourth-order valence-corrected chi connectivity index (χ4v) is 3.64. The summed E-state index contributed by atoms with van der Waals surface area (Å²) in [6, 6.07) is 12.6. The van der Waals surface area contributed by atoms with Crippen molar-refractivity contribution in [3.63, 3.8) is 0 Å². The van der Waals surface area contributed by atoms with Gasteiger partial charge in [0.15, 0.2) is 0 Å². The molecular weight excluding hydrogens is 310 g/mol. The molecule has 0 spiro atoms. The number of rotatable bonds is 3. The van der Waals surface area contributed by atoms with Crippen LogP contribution in [0.4, 0.5) is 5.95 Å². The number of nitrogens with zero attached hydrogens (tertiary/aromatic N) is 2. The lowest BCUT2D eigenvalue weighted by Crippen LogP contribution is -2.48. The second-order valence-electron chi connectivity index (χ2n) is 7.40. The van der Waals surface area contributed by atoms with Crippen molar-refractivity contribution in [1.82, 2.24) is 20.3 Å². The highest BCUT2D eigenvalue weighted by Crippen LogP contribution is 2.26. The summed E-state index contributed by atoms with van der Waals surface area (Å²) in [5, 5.41) is 8.10. The molecule has 25 heavy (non-hydrogen) atoms. The summed E-state index contributed by atoms with van der Waals surface area (Å²) in [4.78, 5) is 12.5. The number of H-pyrrole nitrogens is 1. The molecule has 0 radical (unpaired) electrons. The standard InChI is InChI=1S/C20H23N5/c1-13-10-15(12-20(2,3)25-13)22-19-21-9-8-17(24-19)18-11-14-6-4-5-7-16(14)23-18/h4-9,11,15,23,25H,1,10,12H2,2-3H3,(H,21,22,24). The fourth-order valence-electron chi connectivity index (χ4n) is 3.64. The fraction of sp³-hybridized carbons (Fsp3) is 0.300. The van der Waals surface area contributed by atoms with Crippen molar-refractivity contribution in [3.8, 4) is 11.4 Å². The van der Waals surface area contributed by atoms with Crippen molar-refractivity contribution in [2.75, 3.05) is 5.32 Å². The van der Waals surface area contributed by atoms with Crippen LogP contribution in [0.2, 0.25) is 0 Å². The Morgan fingerprint density at radius 2 is 2.08 bits per heavy atom. The number of para-hydroxylation sites is 1. The molecule has 1 unspecified atom stereocenters. The molecule has 5 heteroatoms. The second-order valence-corrected chi connectivity index (χ2v) is 7.40. The Kier molecular flexibility index (Phi) is 3.71. The average molecular weight is 333 g/mol. The molecule has 5 nitrogen and oxygen atoms in total. The van der Waals surface area contributed by atoms with Crippen LogP contribution in [0.5, 0.6) is 0 Å². The first kappa shape index (κ1) is 15.7. The first-order chi connectivity index (χ1) is 12.0. The minimum absolute atomic E-state index is 0.0296. The highest BCUT2D eigenvalue weighted by Gasteiger charge is 2.29. The summed E-state index contributed by atoms with van der Waals surface area (Å²) in [5.74, 6) is 0.659. The third-order valence-corrected chi connectivity index (χ3v) is 4.56. The third kappa shape index (κ3) is 3.36. The molecule has 1 aromatic carbocycles. The number of benzene rings is 1. The summed E-state index contributed by atoms with van der Waals surface area (Å²) in [6.45, 7) is 8.47. The molecule has 1 aliphatic heterocycles. The van der Waals surface area contributed by atoms with Gasteiger partial charge in [0.1, 0.15) is 0 Å². The quantitative estimate of drug-likeness (QED) is 0.676. The molecule has 1 atom stereocenters. The summed E-state index contributed by atoms with van der Waals surface area (Å²) >= 11 is 0. The molecule has 1 aliphatic rings. The first-order valence-electron chi connectivity index (χ1n) is 8.62. The summed E-state index contributed by atoms with van der Waals surface area (Å²) in [5.41, 5.74) is 4.09. The summed E-state index contributed by atoms with van der Waals surface area (Å²) in [6.07, 6.45) is 3.67. The summed E-state index contributed by atoms with van der Waals surface area (Å²) < 4.78 is 0. The zero-order chi connectivity index (χ0) is 17.4. The Bertz CT molecular complexity index is 891. The molecule has 4 rings (SSSR count). The van der Waals surface area contributed by atoms with Crippen LogP contribution < -0.4 is 10.6 Å². The van der Waals surface area contributed by atoms with Crippen LogP contribution in [-0.2, 0) is 0 Å². The molecule has 0 bridgehead atoms. The van der Waals surface area contributed by atoms with Crippen LogP contribution in [0, 0.1) is 0 Å². The maximum atomic E-state index is 4.70. The molecule has 1 fully saturated rings. The van der Waals surface area contributed by atoms with Gasteiger partial charge in [-0.3, -0.25) is 0 Å². The number of piperidine rings is 1. The van der Waals surface area contributed by atoms with E-state index in [9.17, 15) is 0 Å². The van der Waals surface area contributed by atoms with Gasteiger partial charge in [-0.05, 0) is 38.5 Å². The number of nitrogens with one attached hydrogen (secondary N) is 3. The zero-order valence-electron chi connectivity index (χ0n) is 14.6. The van der Waals surface area contributed by atoms with E-state index in [1.807, 2.05) is 18.2 Å². The molecule has 3 aromatic rings. The van der Waals surface area contributed by atoms with E-state index in [4.69, 9.17) is 4.98 Å². The van der Waals surface area contributed by atoms with Crippen LogP contribution in [0.25, 0.3) is 22.3 Å². The molecule has 2 aromatic heterocycles. The second kappa shape index (κ2) is 5.92. The van der Waals surface area contributed by atoms with Gasteiger partial charge >= 0.3 is 0 Å². The lowest BCUT2D eigenvalue weighted by molar-refractivity contribution is 0.324. The smallest absolute Gasteiger partial charge is 0.223 e. The Hall–Kier alpha value is -2.82. The van der Waals surface area contributed by atoms with Crippen LogP contribution in [0.1, 0.15) is 26.7 Å². The van der Waals surface area contributed by atoms with E-state index < -0.39 is 0 Å². The minimum atomic E-state index is 0.0296. The lowest BCUT2D eigenvalue weighted by Gasteiger charge is -2.38. The molecule has 1 saturated heterocycles. The Labute approximate surface area is 147 Å². The van der Waals surface area contributed by atoms with Gasteiger partial charge in [0.2, 0.25) is 5.95 Å². The highest BCUT2D eigenvalue weighted by molar-refractivity contribution is 5.85. The van der Waals surface area contributed by atoms with Crippen molar-refractivity contribution < 1.29 is 0 Å². The maximum absolute atomic E-state index is 4.70. The SMILES string of the molecule is C=C1CC(Nc2nccc(-c3cc4ccccc4[nH]3)n2)CC(C)(C)N1. The van der Waals surface area contributed by atoms with E-state index in [2.05, 4.69) is 59.2 Å². The van der Waals surface area contributed by atoms with E-state index in [0.717, 1.165) is 35.4 Å². The largest absolute Gasteiger partial charge is 0.384 e. The lowest BCUT2D eigenvalue weighted by atomic mass is 9.88. The van der Waals surface area contributed by atoms with Gasteiger partial charge in [-0.1, -0.05) is 24.8 Å². The number of aromatic amines is 1. The number of aromatic nitrogens is 3. The van der Waals surface area contributed by atoms with Gasteiger partial charge in [0.05, 0.1) is 11.4 Å². The molecule has 3 N–H and O–H groups in total. The Morgan fingerprint density at radius 1 is 1.24 bits per heavy atom. The predicted molar refractivity (Wildman–Crippen MR) is 102 cm³/mol. The van der Waals surface area contributed by atoms with Crippen molar-refractivity contribution in [1.29, 1.82) is 0 Å². The van der Waals surface area contributed by atoms with E-state index >= 15 is 0 Å². The molecular formula is C20H23N5. The van der Waals surface area contributed by atoms with Crippen molar-refractivity contribution >= 4 is 16.9 Å². The van der Waals surface area contributed by atoms with E-state index in [1.165, 1.54) is 5.39 Å². The first-order valence-corrected chi connectivity index (χ1v) is 8.62. The Morgan fingerprint density at radius 3 is 2.88 bits per heavy atom. The third-order valence-electron chi connectivity index (χ3n) is 4.56.